The quantitative estimate of drug-likeness (QED) is 0.739. The molecule has 72 valence electrons. The number of aryl methyl sites for hydroxylation is 1. The van der Waals surface area contributed by atoms with Crippen molar-refractivity contribution in [3.8, 4) is 11.3 Å². The molecule has 0 saturated carbocycles. The van der Waals surface area contributed by atoms with Gasteiger partial charge in [0.1, 0.15) is 5.82 Å². The van der Waals surface area contributed by atoms with Crippen LogP contribution in [0.4, 0.5) is 0 Å². The number of nitrogens with one attached hydrogen (secondary N) is 1. The lowest BCUT2D eigenvalue weighted by Crippen LogP contribution is -1.88. The van der Waals surface area contributed by atoms with E-state index >= 15 is 0 Å². The molecule has 3 heteroatoms. The highest BCUT2D eigenvalue weighted by Crippen LogP contribution is 2.16. The highest BCUT2D eigenvalue weighted by atomic mass is 32.1. The fourth-order valence-electron chi connectivity index (χ4n) is 1.36. The van der Waals surface area contributed by atoms with E-state index in [2.05, 4.69) is 34.7 Å². The maximum absolute atomic E-state index is 4.28. The van der Waals surface area contributed by atoms with Crippen molar-refractivity contribution in [1.29, 1.82) is 0 Å². The minimum atomic E-state index is 0.821. The standard InChI is InChI=1S/C11H12N2S/c14-7-6-11-12-8-10(13-11)9-4-2-1-3-5-9/h1-5,8,14H,6-7H2,(H,12,13). The van der Waals surface area contributed by atoms with Gasteiger partial charge in [0.15, 0.2) is 0 Å². The lowest BCUT2D eigenvalue weighted by atomic mass is 10.2. The van der Waals surface area contributed by atoms with E-state index in [9.17, 15) is 0 Å². The Labute approximate surface area is 88.8 Å². The molecule has 0 fully saturated rings. The normalized spacial score (nSPS) is 10.4. The van der Waals surface area contributed by atoms with Gasteiger partial charge in [-0.2, -0.15) is 12.6 Å². The third kappa shape index (κ3) is 1.99. The lowest BCUT2D eigenvalue weighted by molar-refractivity contribution is 1.00. The van der Waals surface area contributed by atoms with Crippen LogP contribution >= 0.6 is 12.6 Å². The fraction of sp³-hybridized carbons (Fsp3) is 0.182. The summed E-state index contributed by atoms with van der Waals surface area (Å²) in [5, 5.41) is 0. The zero-order chi connectivity index (χ0) is 9.80. The number of H-pyrrole nitrogens is 1. The summed E-state index contributed by atoms with van der Waals surface area (Å²) in [6.45, 7) is 0. The van der Waals surface area contributed by atoms with Gasteiger partial charge in [-0.15, -0.1) is 0 Å². The molecule has 0 saturated heterocycles. The van der Waals surface area contributed by atoms with Crippen LogP contribution in [0.15, 0.2) is 36.5 Å². The molecule has 2 nitrogen and oxygen atoms in total. The van der Waals surface area contributed by atoms with E-state index in [0.29, 0.717) is 0 Å². The highest BCUT2D eigenvalue weighted by Gasteiger charge is 2.00. The van der Waals surface area contributed by atoms with E-state index in [4.69, 9.17) is 0 Å². The number of aromatic amines is 1. The monoisotopic (exact) mass is 204 g/mol. The fourth-order valence-corrected chi connectivity index (χ4v) is 1.57. The van der Waals surface area contributed by atoms with E-state index in [-0.39, 0.29) is 0 Å². The van der Waals surface area contributed by atoms with Gasteiger partial charge in [0.05, 0.1) is 11.9 Å². The molecule has 0 aliphatic carbocycles. The molecule has 1 N–H and O–H groups in total. The summed E-state index contributed by atoms with van der Waals surface area (Å²) in [4.78, 5) is 7.55. The van der Waals surface area contributed by atoms with Crippen molar-refractivity contribution < 1.29 is 0 Å². The summed E-state index contributed by atoms with van der Waals surface area (Å²) in [7, 11) is 0. The summed E-state index contributed by atoms with van der Waals surface area (Å²) in [5.41, 5.74) is 2.24. The molecule has 2 rings (SSSR count). The van der Waals surface area contributed by atoms with Crippen molar-refractivity contribution in [2.75, 3.05) is 5.75 Å². The Morgan fingerprint density at radius 2 is 2.00 bits per heavy atom. The Bertz CT molecular complexity index is 395. The zero-order valence-corrected chi connectivity index (χ0v) is 8.67. The second kappa shape index (κ2) is 4.33. The summed E-state index contributed by atoms with van der Waals surface area (Å²) in [6, 6.07) is 10.2. The molecular weight excluding hydrogens is 192 g/mol. The average Bonchev–Trinajstić information content (AvgIpc) is 2.68. The topological polar surface area (TPSA) is 28.7 Å². The number of nitrogens with zero attached hydrogens (tertiary/aromatic N) is 1. The van der Waals surface area contributed by atoms with Gasteiger partial charge in [-0.1, -0.05) is 30.3 Å². The van der Waals surface area contributed by atoms with Gasteiger partial charge in [0.2, 0.25) is 0 Å². The molecule has 0 spiro atoms. The number of rotatable bonds is 3. The molecule has 0 radical (unpaired) electrons. The first-order chi connectivity index (χ1) is 6.90. The second-order valence-corrected chi connectivity index (χ2v) is 3.53. The third-order valence-electron chi connectivity index (χ3n) is 2.06. The van der Waals surface area contributed by atoms with Crippen LogP contribution in [0.1, 0.15) is 5.82 Å². The molecule has 0 atom stereocenters. The van der Waals surface area contributed by atoms with Crippen LogP contribution in [0.2, 0.25) is 0 Å². The van der Waals surface area contributed by atoms with E-state index in [0.717, 1.165) is 23.7 Å². The van der Waals surface area contributed by atoms with Crippen molar-refractivity contribution in [3.63, 3.8) is 0 Å². The summed E-state index contributed by atoms with van der Waals surface area (Å²) >= 11 is 4.17. The Balaban J connectivity index is 2.25. The van der Waals surface area contributed by atoms with E-state index in [1.807, 2.05) is 24.4 Å². The third-order valence-corrected chi connectivity index (χ3v) is 2.29. The molecule has 1 aromatic carbocycles. The van der Waals surface area contributed by atoms with Crippen molar-refractivity contribution in [3.05, 3.63) is 42.4 Å². The molecular formula is C11H12N2S. The van der Waals surface area contributed by atoms with Crippen LogP contribution in [0.5, 0.6) is 0 Å². The van der Waals surface area contributed by atoms with Gasteiger partial charge < -0.3 is 4.98 Å². The van der Waals surface area contributed by atoms with Gasteiger partial charge in [0, 0.05) is 6.42 Å². The Morgan fingerprint density at radius 3 is 2.71 bits per heavy atom. The SMILES string of the molecule is SCCc1ncc(-c2ccccc2)[nH]1. The number of hydrogen-bond donors (Lipinski definition) is 2. The number of thiol groups is 1. The minimum Gasteiger partial charge on any atom is -0.342 e. The van der Waals surface area contributed by atoms with E-state index in [1.165, 1.54) is 5.56 Å². The number of aromatic nitrogens is 2. The summed E-state index contributed by atoms with van der Waals surface area (Å²) in [5.74, 6) is 1.82. The van der Waals surface area contributed by atoms with E-state index in [1.54, 1.807) is 0 Å². The van der Waals surface area contributed by atoms with Gasteiger partial charge in [0.25, 0.3) is 0 Å². The molecule has 0 aliphatic rings. The molecule has 1 heterocycles. The zero-order valence-electron chi connectivity index (χ0n) is 7.77. The molecule has 0 unspecified atom stereocenters. The van der Waals surface area contributed by atoms with Crippen molar-refractivity contribution >= 4 is 12.6 Å². The number of imidazole rings is 1. The maximum atomic E-state index is 4.28. The van der Waals surface area contributed by atoms with Gasteiger partial charge in [-0.05, 0) is 11.3 Å². The van der Waals surface area contributed by atoms with Crippen molar-refractivity contribution in [2.24, 2.45) is 0 Å². The highest BCUT2D eigenvalue weighted by molar-refractivity contribution is 7.80. The van der Waals surface area contributed by atoms with E-state index < -0.39 is 0 Å². The first-order valence-electron chi connectivity index (χ1n) is 4.60. The van der Waals surface area contributed by atoms with Gasteiger partial charge >= 0.3 is 0 Å². The average molecular weight is 204 g/mol. The predicted molar refractivity (Wildman–Crippen MR) is 61.6 cm³/mol. The molecule has 0 aliphatic heterocycles. The molecule has 1 aromatic heterocycles. The van der Waals surface area contributed by atoms with Crippen LogP contribution in [-0.2, 0) is 6.42 Å². The van der Waals surface area contributed by atoms with Crippen LogP contribution in [0, 0.1) is 0 Å². The minimum absolute atomic E-state index is 0.821. The second-order valence-electron chi connectivity index (χ2n) is 3.08. The van der Waals surface area contributed by atoms with Crippen molar-refractivity contribution in [2.45, 2.75) is 6.42 Å². The first kappa shape index (κ1) is 9.34. The largest absolute Gasteiger partial charge is 0.342 e. The predicted octanol–water partition coefficient (Wildman–Crippen LogP) is 2.55. The molecule has 2 aromatic rings. The Kier molecular flexibility index (Phi) is 2.89. The molecule has 0 bridgehead atoms. The molecule has 14 heavy (non-hydrogen) atoms. The van der Waals surface area contributed by atoms with Gasteiger partial charge in [-0.3, -0.25) is 0 Å². The summed E-state index contributed by atoms with van der Waals surface area (Å²) < 4.78 is 0. The van der Waals surface area contributed by atoms with Crippen LogP contribution in [-0.4, -0.2) is 15.7 Å². The lowest BCUT2D eigenvalue weighted by Gasteiger charge is -1.95. The van der Waals surface area contributed by atoms with Crippen LogP contribution in [0.3, 0.4) is 0 Å². The smallest absolute Gasteiger partial charge is 0.107 e. The Morgan fingerprint density at radius 1 is 1.21 bits per heavy atom. The van der Waals surface area contributed by atoms with Gasteiger partial charge in [-0.25, -0.2) is 4.98 Å². The first-order valence-corrected chi connectivity index (χ1v) is 5.23. The Hall–Kier alpha value is -1.22. The van der Waals surface area contributed by atoms with Crippen molar-refractivity contribution in [1.82, 2.24) is 9.97 Å². The van der Waals surface area contributed by atoms with Crippen LogP contribution in [0.25, 0.3) is 11.3 Å². The maximum Gasteiger partial charge on any atom is 0.107 e. The number of hydrogen-bond acceptors (Lipinski definition) is 2. The summed E-state index contributed by atoms with van der Waals surface area (Å²) in [6.07, 6.45) is 2.75. The number of benzene rings is 1. The van der Waals surface area contributed by atoms with Crippen LogP contribution < -0.4 is 0 Å². The molecule has 0 amide bonds.